The third-order valence-electron chi connectivity index (χ3n) is 1.31. The Balaban J connectivity index is 1.96. The summed E-state index contributed by atoms with van der Waals surface area (Å²) in [6.45, 7) is 6.07. The van der Waals surface area contributed by atoms with Crippen molar-refractivity contribution in [2.45, 2.75) is 6.10 Å². The van der Waals surface area contributed by atoms with Crippen LogP contribution in [0.3, 0.4) is 0 Å². The topological polar surface area (TPSA) is 36.9 Å². The molecule has 1 fully saturated rings. The van der Waals surface area contributed by atoms with Crippen LogP contribution in [0.25, 0.3) is 0 Å². The lowest BCUT2D eigenvalue weighted by atomic mass is 10.4. The van der Waals surface area contributed by atoms with Crippen LogP contribution in [-0.4, -0.2) is 39.1 Å². The maximum Gasteiger partial charge on any atom is 0.111 e. The van der Waals surface area contributed by atoms with Gasteiger partial charge in [-0.1, -0.05) is 0 Å². The molecule has 1 heterocycles. The van der Waals surface area contributed by atoms with Crippen LogP contribution in [0.1, 0.15) is 0 Å². The highest BCUT2D eigenvalue weighted by Crippen LogP contribution is 2.00. The molecule has 1 atom stereocenters. The van der Waals surface area contributed by atoms with Gasteiger partial charge >= 0.3 is 0 Å². The molecule has 0 aromatic rings. The summed E-state index contributed by atoms with van der Waals surface area (Å²) in [6, 6.07) is 0. The lowest BCUT2D eigenvalue weighted by molar-refractivity contribution is -0.306. The zero-order valence-corrected chi connectivity index (χ0v) is 6.45. The second-order valence-electron chi connectivity index (χ2n) is 2.17. The van der Waals surface area contributed by atoms with Crippen molar-refractivity contribution in [3.63, 3.8) is 0 Å². The van der Waals surface area contributed by atoms with Gasteiger partial charge in [-0.25, -0.2) is 9.78 Å². The second kappa shape index (κ2) is 5.49. The van der Waals surface area contributed by atoms with Gasteiger partial charge in [-0.15, -0.1) is 0 Å². The predicted molar refractivity (Wildman–Crippen MR) is 37.8 cm³/mol. The number of ether oxygens (including phenoxy) is 2. The van der Waals surface area contributed by atoms with Crippen molar-refractivity contribution in [3.05, 3.63) is 6.92 Å². The first-order valence-corrected chi connectivity index (χ1v) is 3.66. The Morgan fingerprint density at radius 2 is 2.27 bits per heavy atom. The molecule has 0 spiro atoms. The van der Waals surface area contributed by atoms with E-state index in [0.717, 1.165) is 0 Å². The largest absolute Gasteiger partial charge is 0.376 e. The summed E-state index contributed by atoms with van der Waals surface area (Å²) in [5, 5.41) is 0. The lowest BCUT2D eigenvalue weighted by Gasteiger charge is -2.21. The van der Waals surface area contributed by atoms with Gasteiger partial charge in [-0.2, -0.15) is 0 Å². The second-order valence-corrected chi connectivity index (χ2v) is 2.17. The highest BCUT2D eigenvalue weighted by Gasteiger charge is 2.14. The van der Waals surface area contributed by atoms with Crippen molar-refractivity contribution in [1.29, 1.82) is 0 Å². The number of rotatable bonds is 4. The van der Waals surface area contributed by atoms with Crippen LogP contribution in [0.2, 0.25) is 0 Å². The van der Waals surface area contributed by atoms with Crippen molar-refractivity contribution in [2.24, 2.45) is 0 Å². The van der Waals surface area contributed by atoms with Gasteiger partial charge in [-0.3, -0.25) is 0 Å². The van der Waals surface area contributed by atoms with E-state index in [2.05, 4.69) is 11.8 Å². The van der Waals surface area contributed by atoms with Crippen molar-refractivity contribution in [3.8, 4) is 0 Å². The van der Waals surface area contributed by atoms with Gasteiger partial charge in [0.1, 0.15) is 12.7 Å². The molecule has 4 heteroatoms. The quantitative estimate of drug-likeness (QED) is 0.335. The Morgan fingerprint density at radius 1 is 1.36 bits per heavy atom. The van der Waals surface area contributed by atoms with E-state index in [0.29, 0.717) is 33.0 Å². The van der Waals surface area contributed by atoms with E-state index in [1.165, 1.54) is 0 Å². The molecule has 0 aromatic carbocycles. The minimum absolute atomic E-state index is 0.00954. The molecule has 1 rings (SSSR count). The van der Waals surface area contributed by atoms with Crippen LogP contribution in [0, 0.1) is 6.92 Å². The zero-order chi connectivity index (χ0) is 7.94. The van der Waals surface area contributed by atoms with Crippen LogP contribution in [0.5, 0.6) is 0 Å². The molecule has 4 nitrogen and oxygen atoms in total. The molecule has 0 bridgehead atoms. The van der Waals surface area contributed by atoms with Gasteiger partial charge in [0.05, 0.1) is 26.4 Å². The Bertz CT molecular complexity index is 90.4. The van der Waals surface area contributed by atoms with Gasteiger partial charge in [0, 0.05) is 0 Å². The van der Waals surface area contributed by atoms with E-state index < -0.39 is 0 Å². The molecule has 0 unspecified atom stereocenters. The van der Waals surface area contributed by atoms with E-state index in [9.17, 15) is 0 Å². The van der Waals surface area contributed by atoms with Gasteiger partial charge < -0.3 is 9.47 Å². The summed E-state index contributed by atoms with van der Waals surface area (Å²) < 4.78 is 10.4. The molecule has 65 valence electrons. The Morgan fingerprint density at radius 3 is 2.91 bits per heavy atom. The van der Waals surface area contributed by atoms with E-state index in [-0.39, 0.29) is 6.10 Å². The molecule has 1 radical (unpaired) electrons. The maximum absolute atomic E-state index is 5.27. The SMILES string of the molecule is [CH2]COOC[C@@H]1COCCO1. The van der Waals surface area contributed by atoms with Crippen molar-refractivity contribution in [2.75, 3.05) is 33.0 Å². The Labute approximate surface area is 66.3 Å². The van der Waals surface area contributed by atoms with Gasteiger partial charge in [-0.05, 0) is 6.92 Å². The fraction of sp³-hybridized carbons (Fsp3) is 0.857. The van der Waals surface area contributed by atoms with Crippen LogP contribution < -0.4 is 0 Å². The van der Waals surface area contributed by atoms with Crippen molar-refractivity contribution < 1.29 is 19.2 Å². The fourth-order valence-corrected chi connectivity index (χ4v) is 0.816. The molecular weight excluding hydrogens is 148 g/mol. The standard InChI is InChI=1S/C7H13O4/c1-2-10-11-6-7-5-8-3-4-9-7/h7H,1-6H2/t7-/m0/s1. The molecule has 0 amide bonds. The summed E-state index contributed by atoms with van der Waals surface area (Å²) in [7, 11) is 0. The smallest absolute Gasteiger partial charge is 0.111 e. The molecule has 0 aliphatic carbocycles. The molecular formula is C7H13O4. The maximum atomic E-state index is 5.27. The third kappa shape index (κ3) is 3.67. The summed E-state index contributed by atoms with van der Waals surface area (Å²) in [5.41, 5.74) is 0. The van der Waals surface area contributed by atoms with Crippen LogP contribution in [0.15, 0.2) is 0 Å². The van der Waals surface area contributed by atoms with Crippen LogP contribution in [-0.2, 0) is 19.2 Å². The van der Waals surface area contributed by atoms with Crippen LogP contribution in [0.4, 0.5) is 0 Å². The van der Waals surface area contributed by atoms with Gasteiger partial charge in [0.25, 0.3) is 0 Å². The highest BCUT2D eigenvalue weighted by atomic mass is 17.2. The summed E-state index contributed by atoms with van der Waals surface area (Å²) in [5.74, 6) is 0. The minimum Gasteiger partial charge on any atom is -0.376 e. The number of hydrogen-bond donors (Lipinski definition) is 0. The molecule has 11 heavy (non-hydrogen) atoms. The Hall–Kier alpha value is -0.160. The molecule has 0 N–H and O–H groups in total. The summed E-state index contributed by atoms with van der Waals surface area (Å²) in [6.07, 6.45) is 0.00954. The van der Waals surface area contributed by atoms with Crippen molar-refractivity contribution >= 4 is 0 Å². The predicted octanol–water partition coefficient (Wildman–Crippen LogP) is 0.184. The van der Waals surface area contributed by atoms with E-state index in [4.69, 9.17) is 14.4 Å². The zero-order valence-electron chi connectivity index (χ0n) is 6.45. The van der Waals surface area contributed by atoms with Crippen molar-refractivity contribution in [1.82, 2.24) is 0 Å². The molecule has 1 aliphatic heterocycles. The highest BCUT2D eigenvalue weighted by molar-refractivity contribution is 4.57. The first-order valence-electron chi connectivity index (χ1n) is 3.66. The Kier molecular flexibility index (Phi) is 4.45. The average Bonchev–Trinajstić information content (AvgIpc) is 2.07. The van der Waals surface area contributed by atoms with E-state index in [1.54, 1.807) is 0 Å². The number of hydrogen-bond acceptors (Lipinski definition) is 4. The van der Waals surface area contributed by atoms with Crippen LogP contribution >= 0.6 is 0 Å². The van der Waals surface area contributed by atoms with Gasteiger partial charge in [0.15, 0.2) is 0 Å². The summed E-state index contributed by atoms with van der Waals surface area (Å²) >= 11 is 0. The van der Waals surface area contributed by atoms with E-state index in [1.807, 2.05) is 0 Å². The minimum atomic E-state index is 0.00954. The average molecular weight is 161 g/mol. The molecule has 0 saturated carbocycles. The monoisotopic (exact) mass is 161 g/mol. The van der Waals surface area contributed by atoms with E-state index >= 15 is 0 Å². The first-order chi connectivity index (χ1) is 5.43. The summed E-state index contributed by atoms with van der Waals surface area (Å²) in [4.78, 5) is 9.34. The molecule has 1 saturated heterocycles. The third-order valence-corrected chi connectivity index (χ3v) is 1.31. The lowest BCUT2D eigenvalue weighted by Crippen LogP contribution is -2.32. The van der Waals surface area contributed by atoms with Gasteiger partial charge in [0.2, 0.25) is 0 Å². The first kappa shape index (κ1) is 8.93. The fourth-order valence-electron chi connectivity index (χ4n) is 0.816. The normalized spacial score (nSPS) is 25.4. The molecule has 0 aromatic heterocycles. The molecule has 1 aliphatic rings.